The fraction of sp³-hybridized carbons (Fsp3) is 0.300. The highest BCUT2D eigenvalue weighted by atomic mass is 79.9. The minimum absolute atomic E-state index is 0.0371. The van der Waals surface area contributed by atoms with Crippen LogP contribution in [0.4, 0.5) is 4.79 Å². The van der Waals surface area contributed by atoms with Crippen molar-refractivity contribution in [1.29, 1.82) is 0 Å². The molecule has 0 fully saturated rings. The molecule has 1 aliphatic rings. The van der Waals surface area contributed by atoms with Gasteiger partial charge >= 0.3 is 6.09 Å². The van der Waals surface area contributed by atoms with Gasteiger partial charge < -0.3 is 4.74 Å². The number of methoxy groups -OCH3 is 1. The molecule has 1 unspecified atom stereocenters. The van der Waals surface area contributed by atoms with Gasteiger partial charge in [0.2, 0.25) is 0 Å². The van der Waals surface area contributed by atoms with E-state index >= 15 is 0 Å². The molecule has 1 heterocycles. The Hall–Kier alpha value is -1.03. The SMILES string of the molecule is C=CCC1C(Br)=CC=CN1C(=O)OC. The molecule has 0 saturated carbocycles. The van der Waals surface area contributed by atoms with Gasteiger partial charge in [-0.05, 0) is 18.6 Å². The molecule has 0 spiro atoms. The van der Waals surface area contributed by atoms with Crippen LogP contribution in [0.5, 0.6) is 0 Å². The zero-order valence-corrected chi connectivity index (χ0v) is 9.53. The summed E-state index contributed by atoms with van der Waals surface area (Å²) < 4.78 is 5.62. The lowest BCUT2D eigenvalue weighted by Crippen LogP contribution is -2.37. The summed E-state index contributed by atoms with van der Waals surface area (Å²) in [5, 5.41) is 0. The number of carbonyl (C=O) groups is 1. The number of carbonyl (C=O) groups excluding carboxylic acids is 1. The molecular weight excluding hydrogens is 246 g/mol. The lowest BCUT2D eigenvalue weighted by atomic mass is 10.1. The maximum atomic E-state index is 11.4. The maximum absolute atomic E-state index is 11.4. The third kappa shape index (κ3) is 2.26. The van der Waals surface area contributed by atoms with E-state index in [1.807, 2.05) is 6.08 Å². The third-order valence-electron chi connectivity index (χ3n) is 1.93. The summed E-state index contributed by atoms with van der Waals surface area (Å²) in [6.07, 6.45) is 7.50. The van der Waals surface area contributed by atoms with E-state index in [1.165, 1.54) is 12.0 Å². The molecular formula is C10H12BrNO2. The van der Waals surface area contributed by atoms with Gasteiger partial charge in [-0.1, -0.05) is 22.0 Å². The Morgan fingerprint density at radius 2 is 2.57 bits per heavy atom. The highest BCUT2D eigenvalue weighted by Gasteiger charge is 2.25. The van der Waals surface area contributed by atoms with Crippen LogP contribution in [0.15, 0.2) is 35.5 Å². The molecule has 0 aromatic carbocycles. The molecule has 0 aromatic rings. The summed E-state index contributed by atoms with van der Waals surface area (Å²) in [5.41, 5.74) is 0. The van der Waals surface area contributed by atoms with Crippen LogP contribution in [0.2, 0.25) is 0 Å². The van der Waals surface area contributed by atoms with Gasteiger partial charge in [0.25, 0.3) is 0 Å². The van der Waals surface area contributed by atoms with E-state index in [1.54, 1.807) is 18.4 Å². The summed E-state index contributed by atoms with van der Waals surface area (Å²) in [7, 11) is 1.37. The van der Waals surface area contributed by atoms with Crippen molar-refractivity contribution < 1.29 is 9.53 Å². The zero-order valence-electron chi connectivity index (χ0n) is 7.94. The van der Waals surface area contributed by atoms with Gasteiger partial charge in [0.1, 0.15) is 0 Å². The Bertz CT molecular complexity index is 296. The van der Waals surface area contributed by atoms with E-state index in [9.17, 15) is 4.79 Å². The Kier molecular flexibility index (Phi) is 3.95. The van der Waals surface area contributed by atoms with Gasteiger partial charge in [0, 0.05) is 10.7 Å². The normalized spacial score (nSPS) is 20.3. The molecule has 1 rings (SSSR count). The van der Waals surface area contributed by atoms with E-state index in [4.69, 9.17) is 0 Å². The van der Waals surface area contributed by atoms with Crippen LogP contribution >= 0.6 is 15.9 Å². The van der Waals surface area contributed by atoms with Crippen molar-refractivity contribution >= 4 is 22.0 Å². The molecule has 0 aromatic heterocycles. The van der Waals surface area contributed by atoms with Crippen LogP contribution in [0.1, 0.15) is 6.42 Å². The van der Waals surface area contributed by atoms with Crippen molar-refractivity contribution in [2.75, 3.05) is 7.11 Å². The Labute approximate surface area is 91.9 Å². The molecule has 1 aliphatic heterocycles. The largest absolute Gasteiger partial charge is 0.452 e. The topological polar surface area (TPSA) is 29.5 Å². The molecule has 0 radical (unpaired) electrons. The van der Waals surface area contributed by atoms with Gasteiger partial charge in [0.15, 0.2) is 0 Å². The molecule has 0 bridgehead atoms. The third-order valence-corrected chi connectivity index (χ3v) is 2.72. The van der Waals surface area contributed by atoms with Crippen LogP contribution in [0, 0.1) is 0 Å². The number of halogens is 1. The number of rotatable bonds is 2. The second-order valence-corrected chi connectivity index (χ2v) is 3.73. The van der Waals surface area contributed by atoms with E-state index < -0.39 is 0 Å². The average molecular weight is 258 g/mol. The van der Waals surface area contributed by atoms with Crippen molar-refractivity contribution in [3.8, 4) is 0 Å². The molecule has 0 N–H and O–H groups in total. The fourth-order valence-electron chi connectivity index (χ4n) is 1.25. The summed E-state index contributed by atoms with van der Waals surface area (Å²) >= 11 is 3.41. The van der Waals surface area contributed by atoms with Crippen LogP contribution in [-0.2, 0) is 4.74 Å². The second kappa shape index (κ2) is 5.00. The van der Waals surface area contributed by atoms with Crippen LogP contribution in [0.25, 0.3) is 0 Å². The molecule has 3 nitrogen and oxygen atoms in total. The standard InChI is InChI=1S/C10H12BrNO2/c1-3-5-9-8(11)6-4-7-12(9)10(13)14-2/h3-4,6-7,9H,1,5H2,2H3. The fourth-order valence-corrected chi connectivity index (χ4v) is 1.81. The van der Waals surface area contributed by atoms with Crippen molar-refractivity contribution in [1.82, 2.24) is 4.90 Å². The molecule has 14 heavy (non-hydrogen) atoms. The minimum Gasteiger partial charge on any atom is -0.452 e. The van der Waals surface area contributed by atoms with Crippen LogP contribution in [0.3, 0.4) is 0 Å². The first-order valence-electron chi connectivity index (χ1n) is 4.21. The Morgan fingerprint density at radius 1 is 1.86 bits per heavy atom. The minimum atomic E-state index is -0.363. The molecule has 76 valence electrons. The summed E-state index contributed by atoms with van der Waals surface area (Å²) in [5.74, 6) is 0. The van der Waals surface area contributed by atoms with Crippen molar-refractivity contribution in [3.63, 3.8) is 0 Å². The van der Waals surface area contributed by atoms with E-state index in [2.05, 4.69) is 27.2 Å². The zero-order chi connectivity index (χ0) is 10.6. The maximum Gasteiger partial charge on any atom is 0.414 e. The van der Waals surface area contributed by atoms with Crippen molar-refractivity contribution in [2.45, 2.75) is 12.5 Å². The second-order valence-electron chi connectivity index (χ2n) is 2.81. The smallest absolute Gasteiger partial charge is 0.414 e. The van der Waals surface area contributed by atoms with E-state index in [-0.39, 0.29) is 12.1 Å². The highest BCUT2D eigenvalue weighted by molar-refractivity contribution is 9.11. The molecule has 4 heteroatoms. The summed E-state index contributed by atoms with van der Waals surface area (Å²) in [6.45, 7) is 3.66. The van der Waals surface area contributed by atoms with Gasteiger partial charge in [-0.2, -0.15) is 0 Å². The number of hydrogen-bond acceptors (Lipinski definition) is 2. The number of ether oxygens (including phenoxy) is 1. The van der Waals surface area contributed by atoms with Crippen LogP contribution < -0.4 is 0 Å². The van der Waals surface area contributed by atoms with Crippen molar-refractivity contribution in [3.05, 3.63) is 35.5 Å². The van der Waals surface area contributed by atoms with Gasteiger partial charge in [-0.15, -0.1) is 6.58 Å². The summed E-state index contributed by atoms with van der Waals surface area (Å²) in [4.78, 5) is 12.9. The number of amides is 1. The van der Waals surface area contributed by atoms with E-state index in [0.29, 0.717) is 6.42 Å². The number of nitrogens with zero attached hydrogens (tertiary/aromatic N) is 1. The first-order chi connectivity index (χ1) is 6.70. The lowest BCUT2D eigenvalue weighted by molar-refractivity contribution is 0.132. The van der Waals surface area contributed by atoms with Crippen molar-refractivity contribution in [2.24, 2.45) is 0 Å². The number of allylic oxidation sites excluding steroid dienone is 2. The number of hydrogen-bond donors (Lipinski definition) is 0. The van der Waals surface area contributed by atoms with Crippen LogP contribution in [-0.4, -0.2) is 24.1 Å². The quantitative estimate of drug-likeness (QED) is 0.713. The molecule has 0 aliphatic carbocycles. The first-order valence-corrected chi connectivity index (χ1v) is 5.01. The monoisotopic (exact) mass is 257 g/mol. The Balaban J connectivity index is 2.83. The highest BCUT2D eigenvalue weighted by Crippen LogP contribution is 2.25. The van der Waals surface area contributed by atoms with Gasteiger partial charge in [-0.25, -0.2) is 4.79 Å². The molecule has 1 amide bonds. The lowest BCUT2D eigenvalue weighted by Gasteiger charge is -2.28. The predicted molar refractivity (Wildman–Crippen MR) is 59.0 cm³/mol. The first kappa shape index (κ1) is 11.0. The Morgan fingerprint density at radius 3 is 3.14 bits per heavy atom. The summed E-state index contributed by atoms with van der Waals surface area (Å²) in [6, 6.07) is -0.0371. The van der Waals surface area contributed by atoms with Gasteiger partial charge in [-0.3, -0.25) is 4.90 Å². The van der Waals surface area contributed by atoms with Gasteiger partial charge in [0.05, 0.1) is 13.2 Å². The predicted octanol–water partition coefficient (Wildman–Crippen LogP) is 2.81. The average Bonchev–Trinajstić information content (AvgIpc) is 2.20. The molecule has 0 saturated heterocycles. The molecule has 1 atom stereocenters. The van der Waals surface area contributed by atoms with E-state index in [0.717, 1.165) is 4.48 Å².